The van der Waals surface area contributed by atoms with Crippen LogP contribution in [0, 0.1) is 0 Å². The van der Waals surface area contributed by atoms with Crippen LogP contribution in [-0.2, 0) is 0 Å². The Kier molecular flexibility index (Phi) is 7.06. The molecule has 3 heteroatoms. The predicted molar refractivity (Wildman–Crippen MR) is 135 cm³/mol. The lowest BCUT2D eigenvalue weighted by atomic mass is 10.0. The molecule has 3 aromatic rings. The average molecular weight is 425 g/mol. The fourth-order valence-corrected chi connectivity index (χ4v) is 4.49. The Morgan fingerprint density at radius 2 is 1.22 bits per heavy atom. The van der Waals surface area contributed by atoms with Gasteiger partial charge in [-0.05, 0) is 100 Å². The lowest BCUT2D eigenvalue weighted by Gasteiger charge is -2.28. The van der Waals surface area contributed by atoms with Gasteiger partial charge in [0.1, 0.15) is 0 Å². The zero-order chi connectivity index (χ0) is 22.3. The van der Waals surface area contributed by atoms with Gasteiger partial charge in [-0.3, -0.25) is 4.79 Å². The third-order valence-electron chi connectivity index (χ3n) is 6.20. The fraction of sp³-hybridized carbons (Fsp3) is 0.276. The van der Waals surface area contributed by atoms with Gasteiger partial charge in [0.25, 0.3) is 0 Å². The van der Waals surface area contributed by atoms with E-state index in [9.17, 15) is 4.79 Å². The van der Waals surface area contributed by atoms with Gasteiger partial charge in [0.2, 0.25) is 0 Å². The first-order valence-corrected chi connectivity index (χ1v) is 11.7. The van der Waals surface area contributed by atoms with Crippen LogP contribution in [0.5, 0.6) is 0 Å². The third-order valence-corrected chi connectivity index (χ3v) is 6.20. The minimum Gasteiger partial charge on any atom is -0.346 e. The maximum Gasteiger partial charge on any atom is 0.193 e. The van der Waals surface area contributed by atoms with Crippen molar-refractivity contribution in [3.8, 4) is 0 Å². The van der Waals surface area contributed by atoms with Crippen LogP contribution in [0.3, 0.4) is 0 Å². The molecule has 0 spiro atoms. The molecule has 0 unspecified atom stereocenters. The van der Waals surface area contributed by atoms with Crippen LogP contribution in [-0.4, -0.2) is 18.9 Å². The van der Waals surface area contributed by atoms with Crippen LogP contribution in [0.15, 0.2) is 90.6 Å². The number of ketones is 1. The number of nitrogens with zero attached hydrogens (tertiary/aromatic N) is 2. The SMILES string of the molecule is CCN(C1=CCCCC1)c1ccc(C(=O)c2ccc(N(CC)c3ccccc3)cc2)cc1. The summed E-state index contributed by atoms with van der Waals surface area (Å²) in [6.07, 6.45) is 7.21. The molecule has 3 nitrogen and oxygen atoms in total. The second-order valence-corrected chi connectivity index (χ2v) is 8.19. The summed E-state index contributed by atoms with van der Waals surface area (Å²) in [4.78, 5) is 17.7. The zero-order valence-electron chi connectivity index (χ0n) is 19.1. The van der Waals surface area contributed by atoms with Gasteiger partial charge in [0.05, 0.1) is 0 Å². The summed E-state index contributed by atoms with van der Waals surface area (Å²) in [5, 5.41) is 0. The lowest BCUT2D eigenvalue weighted by molar-refractivity contribution is 0.103. The predicted octanol–water partition coefficient (Wildman–Crippen LogP) is 7.36. The van der Waals surface area contributed by atoms with Crippen LogP contribution >= 0.6 is 0 Å². The molecular formula is C29H32N2O. The number of hydrogen-bond acceptors (Lipinski definition) is 3. The highest BCUT2D eigenvalue weighted by atomic mass is 16.1. The highest BCUT2D eigenvalue weighted by molar-refractivity contribution is 6.09. The second kappa shape index (κ2) is 10.3. The molecule has 1 aliphatic carbocycles. The van der Waals surface area contributed by atoms with Gasteiger partial charge in [0, 0.05) is 47.0 Å². The molecule has 0 N–H and O–H groups in total. The van der Waals surface area contributed by atoms with Crippen molar-refractivity contribution >= 4 is 22.8 Å². The van der Waals surface area contributed by atoms with E-state index < -0.39 is 0 Å². The average Bonchev–Trinajstić information content (AvgIpc) is 2.87. The molecule has 0 fully saturated rings. The first-order chi connectivity index (χ1) is 15.7. The highest BCUT2D eigenvalue weighted by Gasteiger charge is 2.15. The van der Waals surface area contributed by atoms with Crippen LogP contribution in [0.1, 0.15) is 55.5 Å². The molecule has 0 saturated carbocycles. The van der Waals surface area contributed by atoms with Crippen molar-refractivity contribution in [1.82, 2.24) is 0 Å². The number of hydrogen-bond donors (Lipinski definition) is 0. The maximum atomic E-state index is 13.1. The molecule has 0 radical (unpaired) electrons. The molecule has 164 valence electrons. The van der Waals surface area contributed by atoms with E-state index in [1.807, 2.05) is 54.6 Å². The van der Waals surface area contributed by atoms with Crippen molar-refractivity contribution in [2.75, 3.05) is 22.9 Å². The summed E-state index contributed by atoms with van der Waals surface area (Å²) in [5.74, 6) is 0.0609. The van der Waals surface area contributed by atoms with E-state index in [4.69, 9.17) is 0 Å². The fourth-order valence-electron chi connectivity index (χ4n) is 4.49. The minimum atomic E-state index is 0.0609. The van der Waals surface area contributed by atoms with E-state index >= 15 is 0 Å². The number of allylic oxidation sites excluding steroid dienone is 2. The van der Waals surface area contributed by atoms with E-state index in [0.29, 0.717) is 5.56 Å². The van der Waals surface area contributed by atoms with Gasteiger partial charge in [-0.1, -0.05) is 24.3 Å². The Hall–Kier alpha value is -3.33. The summed E-state index contributed by atoms with van der Waals surface area (Å²) >= 11 is 0. The van der Waals surface area contributed by atoms with Gasteiger partial charge < -0.3 is 9.80 Å². The van der Waals surface area contributed by atoms with Crippen molar-refractivity contribution in [3.05, 3.63) is 102 Å². The Bertz CT molecular complexity index is 1050. The molecule has 0 aliphatic heterocycles. The molecule has 0 heterocycles. The monoisotopic (exact) mass is 424 g/mol. The maximum absolute atomic E-state index is 13.1. The quantitative estimate of drug-likeness (QED) is 0.353. The Labute approximate surface area is 192 Å². The summed E-state index contributed by atoms with van der Waals surface area (Å²) in [5.41, 5.74) is 6.25. The van der Waals surface area contributed by atoms with Gasteiger partial charge in [-0.25, -0.2) is 0 Å². The summed E-state index contributed by atoms with van der Waals surface area (Å²) in [6, 6.07) is 26.3. The molecule has 0 aromatic heterocycles. The van der Waals surface area contributed by atoms with Crippen LogP contribution < -0.4 is 9.80 Å². The van der Waals surface area contributed by atoms with Crippen LogP contribution in [0.2, 0.25) is 0 Å². The molecular weight excluding hydrogens is 392 g/mol. The van der Waals surface area contributed by atoms with Crippen LogP contribution in [0.25, 0.3) is 0 Å². The highest BCUT2D eigenvalue weighted by Crippen LogP contribution is 2.28. The normalized spacial score (nSPS) is 13.4. The van der Waals surface area contributed by atoms with Crippen molar-refractivity contribution in [2.45, 2.75) is 39.5 Å². The van der Waals surface area contributed by atoms with Gasteiger partial charge in [-0.15, -0.1) is 0 Å². The minimum absolute atomic E-state index is 0.0609. The van der Waals surface area contributed by atoms with Crippen molar-refractivity contribution in [3.63, 3.8) is 0 Å². The van der Waals surface area contributed by atoms with E-state index in [1.165, 1.54) is 18.5 Å². The molecule has 0 bridgehead atoms. The summed E-state index contributed by atoms with van der Waals surface area (Å²) in [6.45, 7) is 6.13. The van der Waals surface area contributed by atoms with Gasteiger partial charge in [0.15, 0.2) is 5.78 Å². The molecule has 0 atom stereocenters. The van der Waals surface area contributed by atoms with Crippen molar-refractivity contribution in [2.24, 2.45) is 0 Å². The number of carbonyl (C=O) groups excluding carboxylic acids is 1. The van der Waals surface area contributed by atoms with E-state index in [2.05, 4.69) is 54.0 Å². The van der Waals surface area contributed by atoms with Crippen LogP contribution in [0.4, 0.5) is 17.1 Å². The molecule has 0 saturated heterocycles. The number of anilines is 3. The number of benzene rings is 3. The molecule has 4 rings (SSSR count). The van der Waals surface area contributed by atoms with E-state index in [0.717, 1.165) is 48.6 Å². The molecule has 32 heavy (non-hydrogen) atoms. The Morgan fingerprint density at radius 3 is 1.72 bits per heavy atom. The molecule has 0 amide bonds. The first-order valence-electron chi connectivity index (χ1n) is 11.7. The standard InChI is InChI=1S/C29H32N2O/c1-3-30(25-11-7-5-8-12-25)27-19-15-23(16-20-27)29(32)24-17-21-28(22-18-24)31(4-2)26-13-9-6-10-14-26/h5,7-8,11-13,15-22H,3-4,6,9-10,14H2,1-2H3. The Balaban J connectivity index is 1.50. The molecule has 3 aromatic carbocycles. The smallest absolute Gasteiger partial charge is 0.193 e. The topological polar surface area (TPSA) is 23.6 Å². The second-order valence-electron chi connectivity index (χ2n) is 8.19. The Morgan fingerprint density at radius 1 is 0.688 bits per heavy atom. The molecule has 1 aliphatic rings. The zero-order valence-corrected chi connectivity index (χ0v) is 19.1. The largest absolute Gasteiger partial charge is 0.346 e. The van der Waals surface area contributed by atoms with Crippen molar-refractivity contribution in [1.29, 1.82) is 0 Å². The first kappa shape index (κ1) is 21.9. The van der Waals surface area contributed by atoms with E-state index in [1.54, 1.807) is 0 Å². The number of carbonyl (C=O) groups is 1. The third kappa shape index (κ3) is 4.77. The van der Waals surface area contributed by atoms with Gasteiger partial charge >= 0.3 is 0 Å². The van der Waals surface area contributed by atoms with E-state index in [-0.39, 0.29) is 5.78 Å². The number of rotatable bonds is 8. The van der Waals surface area contributed by atoms with Gasteiger partial charge in [-0.2, -0.15) is 0 Å². The lowest BCUT2D eigenvalue weighted by Crippen LogP contribution is -2.23. The summed E-state index contributed by atoms with van der Waals surface area (Å²) < 4.78 is 0. The number of para-hydroxylation sites is 1. The van der Waals surface area contributed by atoms with Crippen molar-refractivity contribution < 1.29 is 4.79 Å². The summed E-state index contributed by atoms with van der Waals surface area (Å²) in [7, 11) is 0.